The number of rotatable bonds is 2. The van der Waals surface area contributed by atoms with Crippen molar-refractivity contribution in [2.75, 3.05) is 0 Å². The van der Waals surface area contributed by atoms with Crippen LogP contribution in [0.15, 0.2) is 35.4 Å². The molecule has 0 bridgehead atoms. The number of benzene rings is 1. The summed E-state index contributed by atoms with van der Waals surface area (Å²) in [5, 5.41) is 3.64. The lowest BCUT2D eigenvalue weighted by Crippen LogP contribution is -2.13. The summed E-state index contributed by atoms with van der Waals surface area (Å²) in [6, 6.07) is 9.73. The lowest BCUT2D eigenvalue weighted by molar-refractivity contribution is 0.811. The van der Waals surface area contributed by atoms with E-state index in [9.17, 15) is 0 Å². The Bertz CT molecular complexity index is 205. The van der Waals surface area contributed by atoms with Crippen LogP contribution in [0, 0.1) is 0 Å². The van der Waals surface area contributed by atoms with Crippen LogP contribution < -0.4 is 11.4 Å². The second-order valence-corrected chi connectivity index (χ2v) is 1.80. The third-order valence-electron chi connectivity index (χ3n) is 1.09. The van der Waals surface area contributed by atoms with Crippen molar-refractivity contribution in [1.82, 2.24) is 5.53 Å². The predicted octanol–water partition coefficient (Wildman–Crippen LogP) is 0.484. The van der Waals surface area contributed by atoms with Crippen LogP contribution in [0.1, 0.15) is 5.56 Å². The van der Waals surface area contributed by atoms with Crippen LogP contribution in [-0.4, -0.2) is 6.21 Å². The molecule has 0 aliphatic rings. The van der Waals surface area contributed by atoms with Crippen molar-refractivity contribution in [1.29, 1.82) is 0 Å². The first kappa shape index (κ1) is 6.77. The molecule has 1 rings (SSSR count). The van der Waals surface area contributed by atoms with E-state index >= 15 is 0 Å². The van der Waals surface area contributed by atoms with Gasteiger partial charge in [-0.15, -0.1) is 0 Å². The van der Waals surface area contributed by atoms with Crippen molar-refractivity contribution >= 4 is 6.21 Å². The topological polar surface area (TPSA) is 50.4 Å². The Kier molecular flexibility index (Phi) is 2.46. The molecule has 0 aliphatic heterocycles. The fourth-order valence-corrected chi connectivity index (χ4v) is 0.651. The van der Waals surface area contributed by atoms with E-state index in [2.05, 4.69) is 10.6 Å². The Hall–Kier alpha value is -1.35. The highest BCUT2D eigenvalue weighted by atomic mass is 15.5. The first-order chi connectivity index (χ1) is 4.93. The zero-order valence-electron chi connectivity index (χ0n) is 5.49. The minimum atomic E-state index is 1.03. The maximum absolute atomic E-state index is 4.93. The van der Waals surface area contributed by atoms with Crippen LogP contribution >= 0.6 is 0 Å². The van der Waals surface area contributed by atoms with Crippen LogP contribution in [0.2, 0.25) is 0 Å². The van der Waals surface area contributed by atoms with Crippen LogP contribution in [0.25, 0.3) is 0 Å². The number of hydrogen-bond donors (Lipinski definition) is 2. The number of hydrazine groups is 1. The zero-order chi connectivity index (χ0) is 7.23. The molecule has 0 atom stereocenters. The smallest absolute Gasteiger partial charge is 0.0556 e. The molecular weight excluding hydrogens is 126 g/mol. The molecule has 1 aromatic carbocycles. The fraction of sp³-hybridized carbons (Fsp3) is 0. The van der Waals surface area contributed by atoms with Gasteiger partial charge in [0.2, 0.25) is 0 Å². The van der Waals surface area contributed by atoms with Gasteiger partial charge in [-0.1, -0.05) is 30.3 Å². The van der Waals surface area contributed by atoms with Gasteiger partial charge in [-0.3, -0.25) is 0 Å². The number of hydrazone groups is 1. The van der Waals surface area contributed by atoms with E-state index in [0.29, 0.717) is 0 Å². The molecule has 0 heterocycles. The van der Waals surface area contributed by atoms with Gasteiger partial charge in [0.25, 0.3) is 0 Å². The largest absolute Gasteiger partial charge is 0.246 e. The molecule has 0 unspecified atom stereocenters. The van der Waals surface area contributed by atoms with E-state index in [-0.39, 0.29) is 0 Å². The van der Waals surface area contributed by atoms with Crippen molar-refractivity contribution in [3.63, 3.8) is 0 Å². The highest BCUT2D eigenvalue weighted by Crippen LogP contribution is 1.92. The van der Waals surface area contributed by atoms with Gasteiger partial charge in [-0.05, 0) is 5.56 Å². The van der Waals surface area contributed by atoms with Crippen molar-refractivity contribution < 1.29 is 0 Å². The van der Waals surface area contributed by atoms with Gasteiger partial charge in [0, 0.05) is 0 Å². The lowest BCUT2D eigenvalue weighted by atomic mass is 10.2. The number of nitrogens with two attached hydrogens (primary N) is 1. The molecule has 3 heteroatoms. The molecule has 3 nitrogen and oxygen atoms in total. The predicted molar refractivity (Wildman–Crippen MR) is 41.4 cm³/mol. The minimum absolute atomic E-state index is 1.03. The molecule has 0 fully saturated rings. The maximum Gasteiger partial charge on any atom is 0.0556 e. The quantitative estimate of drug-likeness (QED) is 0.352. The molecule has 0 amide bonds. The summed E-state index contributed by atoms with van der Waals surface area (Å²) in [4.78, 5) is 0. The standard InChI is InChI=1S/C7H9N3/c8-10-9-6-7-4-2-1-3-5-7/h1-6,10H,8H2/b9-6+. The molecule has 0 spiro atoms. The summed E-state index contributed by atoms with van der Waals surface area (Å²) in [6.07, 6.45) is 1.65. The molecule has 0 radical (unpaired) electrons. The van der Waals surface area contributed by atoms with E-state index < -0.39 is 0 Å². The molecule has 0 aromatic heterocycles. The monoisotopic (exact) mass is 135 g/mol. The number of nitrogens with zero attached hydrogens (tertiary/aromatic N) is 1. The number of nitrogens with one attached hydrogen (secondary N) is 1. The maximum atomic E-state index is 4.93. The van der Waals surface area contributed by atoms with Gasteiger partial charge in [0.15, 0.2) is 0 Å². The van der Waals surface area contributed by atoms with E-state index in [1.54, 1.807) is 6.21 Å². The fourth-order valence-electron chi connectivity index (χ4n) is 0.651. The molecule has 0 saturated carbocycles. The van der Waals surface area contributed by atoms with E-state index in [1.165, 1.54) is 0 Å². The van der Waals surface area contributed by atoms with Crippen LogP contribution in [0.4, 0.5) is 0 Å². The van der Waals surface area contributed by atoms with Gasteiger partial charge in [-0.25, -0.2) is 11.4 Å². The third-order valence-corrected chi connectivity index (χ3v) is 1.09. The first-order valence-electron chi connectivity index (χ1n) is 2.97. The van der Waals surface area contributed by atoms with E-state index in [4.69, 9.17) is 5.84 Å². The molecule has 1 aromatic rings. The molecule has 52 valence electrons. The van der Waals surface area contributed by atoms with Gasteiger partial charge in [0.1, 0.15) is 0 Å². The minimum Gasteiger partial charge on any atom is -0.246 e. The van der Waals surface area contributed by atoms with Crippen molar-refractivity contribution in [3.05, 3.63) is 35.9 Å². The normalized spacial score (nSPS) is 10.1. The van der Waals surface area contributed by atoms with Crippen LogP contribution in [0.3, 0.4) is 0 Å². The Morgan fingerprint density at radius 1 is 1.30 bits per heavy atom. The SMILES string of the molecule is NN/N=C/c1ccccc1. The first-order valence-corrected chi connectivity index (χ1v) is 2.97. The highest BCUT2D eigenvalue weighted by molar-refractivity contribution is 5.79. The van der Waals surface area contributed by atoms with Gasteiger partial charge in [0.05, 0.1) is 6.21 Å². The van der Waals surface area contributed by atoms with Crippen molar-refractivity contribution in [2.45, 2.75) is 0 Å². The average molecular weight is 135 g/mol. The Balaban J connectivity index is 2.67. The van der Waals surface area contributed by atoms with Crippen LogP contribution in [0.5, 0.6) is 0 Å². The molecule has 0 aliphatic carbocycles. The second-order valence-electron chi connectivity index (χ2n) is 1.80. The van der Waals surface area contributed by atoms with Crippen LogP contribution in [-0.2, 0) is 0 Å². The van der Waals surface area contributed by atoms with E-state index in [1.807, 2.05) is 30.3 Å². The third kappa shape index (κ3) is 1.87. The van der Waals surface area contributed by atoms with Gasteiger partial charge in [-0.2, -0.15) is 5.10 Å². The summed E-state index contributed by atoms with van der Waals surface area (Å²) in [6.45, 7) is 0. The molecule has 3 N–H and O–H groups in total. The van der Waals surface area contributed by atoms with Crippen molar-refractivity contribution in [3.8, 4) is 0 Å². The van der Waals surface area contributed by atoms with E-state index in [0.717, 1.165) is 5.56 Å². The second kappa shape index (κ2) is 3.63. The van der Waals surface area contributed by atoms with Crippen molar-refractivity contribution in [2.24, 2.45) is 10.9 Å². The summed E-state index contributed by atoms with van der Waals surface area (Å²) in [5.74, 6) is 4.93. The average Bonchev–Trinajstić information content (AvgIpc) is 2.03. The summed E-state index contributed by atoms with van der Waals surface area (Å²) in [7, 11) is 0. The summed E-state index contributed by atoms with van der Waals surface area (Å²) >= 11 is 0. The molecule has 0 saturated heterocycles. The summed E-state index contributed by atoms with van der Waals surface area (Å²) in [5.41, 5.74) is 3.21. The van der Waals surface area contributed by atoms with Gasteiger partial charge >= 0.3 is 0 Å². The molecule has 10 heavy (non-hydrogen) atoms. The lowest BCUT2D eigenvalue weighted by Gasteiger charge is -1.88. The molecular formula is C7H9N3. The Morgan fingerprint density at radius 3 is 2.60 bits per heavy atom. The summed E-state index contributed by atoms with van der Waals surface area (Å²) < 4.78 is 0. The van der Waals surface area contributed by atoms with Gasteiger partial charge < -0.3 is 0 Å². The highest BCUT2D eigenvalue weighted by Gasteiger charge is 1.80. The zero-order valence-corrected chi connectivity index (χ0v) is 5.49. The Morgan fingerprint density at radius 2 is 2.00 bits per heavy atom. The number of hydrogen-bond acceptors (Lipinski definition) is 3. The Labute approximate surface area is 59.5 Å².